The Labute approximate surface area is 178 Å². The number of hydrogen-bond acceptors (Lipinski definition) is 7. The van der Waals surface area contributed by atoms with E-state index in [9.17, 15) is 0 Å². The molecule has 0 radical (unpaired) electrons. The number of amidine groups is 1. The van der Waals surface area contributed by atoms with Gasteiger partial charge in [0, 0.05) is 47.0 Å². The van der Waals surface area contributed by atoms with Gasteiger partial charge in [0.25, 0.3) is 6.02 Å². The molecule has 2 aliphatic heterocycles. The highest BCUT2D eigenvalue weighted by Crippen LogP contribution is 2.52. The Morgan fingerprint density at radius 1 is 0.774 bits per heavy atom. The van der Waals surface area contributed by atoms with Crippen LogP contribution in [0.2, 0.25) is 0 Å². The molecular formula is C24H17N5O2. The largest absolute Gasteiger partial charge is 0.462 e. The highest BCUT2D eigenvalue weighted by Gasteiger charge is 2.47. The van der Waals surface area contributed by atoms with Gasteiger partial charge < -0.3 is 15.2 Å². The fraction of sp³-hybridized carbons (Fsp3) is 0.0833. The molecule has 4 aromatic rings. The van der Waals surface area contributed by atoms with Crippen LogP contribution in [0.1, 0.15) is 11.1 Å². The van der Waals surface area contributed by atoms with E-state index in [-0.39, 0.29) is 6.02 Å². The Morgan fingerprint density at radius 3 is 2.06 bits per heavy atom. The summed E-state index contributed by atoms with van der Waals surface area (Å²) in [7, 11) is 0. The third-order valence-corrected chi connectivity index (χ3v) is 5.69. The lowest BCUT2D eigenvalue weighted by Crippen LogP contribution is -2.31. The third kappa shape index (κ3) is 2.74. The van der Waals surface area contributed by atoms with Crippen LogP contribution in [-0.4, -0.2) is 27.6 Å². The van der Waals surface area contributed by atoms with Crippen LogP contribution in [0.25, 0.3) is 22.3 Å². The maximum absolute atomic E-state index is 6.27. The van der Waals surface area contributed by atoms with E-state index < -0.39 is 5.54 Å². The van der Waals surface area contributed by atoms with Crippen LogP contribution < -0.4 is 10.5 Å². The molecule has 0 bridgehead atoms. The number of benzene rings is 2. The van der Waals surface area contributed by atoms with Crippen LogP contribution in [0.4, 0.5) is 0 Å². The van der Waals surface area contributed by atoms with Crippen LogP contribution in [-0.2, 0) is 10.3 Å². The number of rotatable bonds is 2. The van der Waals surface area contributed by atoms with Gasteiger partial charge in [-0.05, 0) is 41.5 Å². The van der Waals surface area contributed by atoms with Gasteiger partial charge in [-0.25, -0.2) is 15.0 Å². The Balaban J connectivity index is 1.56. The molecule has 0 unspecified atom stereocenters. The van der Waals surface area contributed by atoms with E-state index >= 15 is 0 Å². The van der Waals surface area contributed by atoms with Gasteiger partial charge in [-0.2, -0.15) is 0 Å². The number of ether oxygens (including phenoxy) is 2. The van der Waals surface area contributed by atoms with Crippen molar-refractivity contribution in [2.24, 2.45) is 10.7 Å². The van der Waals surface area contributed by atoms with Gasteiger partial charge in [0.1, 0.15) is 24.4 Å². The monoisotopic (exact) mass is 407 g/mol. The van der Waals surface area contributed by atoms with Crippen LogP contribution >= 0.6 is 0 Å². The van der Waals surface area contributed by atoms with E-state index in [1.807, 2.05) is 42.6 Å². The molecule has 2 N–H and O–H groups in total. The maximum Gasteiger partial charge on any atom is 0.283 e. The fourth-order valence-electron chi connectivity index (χ4n) is 4.20. The number of fused-ring (bicyclic) bond motifs is 4. The molecule has 7 nitrogen and oxygen atoms in total. The maximum atomic E-state index is 6.27. The summed E-state index contributed by atoms with van der Waals surface area (Å²) >= 11 is 0. The molecule has 0 saturated carbocycles. The summed E-state index contributed by atoms with van der Waals surface area (Å²) in [5.74, 6) is 1.46. The van der Waals surface area contributed by atoms with Crippen molar-refractivity contribution >= 4 is 6.02 Å². The molecule has 2 aromatic carbocycles. The first-order valence-corrected chi connectivity index (χ1v) is 9.84. The van der Waals surface area contributed by atoms with Crippen molar-refractivity contribution in [1.29, 1.82) is 0 Å². The molecule has 2 aliphatic rings. The highest BCUT2D eigenvalue weighted by molar-refractivity contribution is 5.79. The Hall–Kier alpha value is -4.26. The summed E-state index contributed by atoms with van der Waals surface area (Å²) in [6.07, 6.45) is 8.67. The molecule has 1 spiro atoms. The fourth-order valence-corrected chi connectivity index (χ4v) is 4.20. The first-order valence-electron chi connectivity index (χ1n) is 9.84. The molecule has 1 atom stereocenters. The molecule has 0 fully saturated rings. The zero-order valence-electron chi connectivity index (χ0n) is 16.4. The minimum absolute atomic E-state index is 0.166. The van der Waals surface area contributed by atoms with Crippen LogP contribution in [0.5, 0.6) is 11.5 Å². The summed E-state index contributed by atoms with van der Waals surface area (Å²) in [6.45, 7) is 0.299. The quantitative estimate of drug-likeness (QED) is 0.541. The van der Waals surface area contributed by atoms with E-state index in [2.05, 4.69) is 27.1 Å². The highest BCUT2D eigenvalue weighted by atomic mass is 16.5. The number of aliphatic imine (C=N–C) groups is 1. The molecule has 0 saturated heterocycles. The van der Waals surface area contributed by atoms with Gasteiger partial charge in [-0.1, -0.05) is 18.2 Å². The summed E-state index contributed by atoms with van der Waals surface area (Å²) in [5.41, 5.74) is 10.9. The number of nitrogens with two attached hydrogens (primary N) is 1. The van der Waals surface area contributed by atoms with Gasteiger partial charge in [0.15, 0.2) is 5.54 Å². The molecule has 6 rings (SSSR count). The topological polar surface area (TPSA) is 95.5 Å². The van der Waals surface area contributed by atoms with Gasteiger partial charge in [0.05, 0.1) is 0 Å². The smallest absolute Gasteiger partial charge is 0.283 e. The van der Waals surface area contributed by atoms with Crippen molar-refractivity contribution < 1.29 is 9.47 Å². The average Bonchev–Trinajstić information content (AvgIpc) is 3.22. The SMILES string of the molecule is NC1=N[C@]2(CO1)c1cc(-c3cccnc3)ccc1Oc1ccc(-c3cncnc3)cc12. The predicted octanol–water partition coefficient (Wildman–Crippen LogP) is 3.90. The minimum atomic E-state index is -0.795. The normalized spacial score (nSPS) is 18.5. The Bertz CT molecular complexity index is 1230. The second kappa shape index (κ2) is 6.63. The number of hydrogen-bond donors (Lipinski definition) is 1. The third-order valence-electron chi connectivity index (χ3n) is 5.69. The van der Waals surface area contributed by atoms with E-state index in [0.29, 0.717) is 6.61 Å². The van der Waals surface area contributed by atoms with Crippen molar-refractivity contribution in [3.8, 4) is 33.8 Å². The lowest BCUT2D eigenvalue weighted by Gasteiger charge is -2.34. The molecule has 2 aromatic heterocycles. The molecule has 7 heteroatoms. The predicted molar refractivity (Wildman–Crippen MR) is 116 cm³/mol. The lowest BCUT2D eigenvalue weighted by molar-refractivity contribution is 0.264. The first-order chi connectivity index (χ1) is 15.2. The van der Waals surface area contributed by atoms with Crippen molar-refractivity contribution in [1.82, 2.24) is 15.0 Å². The van der Waals surface area contributed by atoms with E-state index in [1.165, 1.54) is 6.33 Å². The second-order valence-electron chi connectivity index (χ2n) is 7.49. The van der Waals surface area contributed by atoms with E-state index in [1.54, 1.807) is 18.6 Å². The average molecular weight is 407 g/mol. The van der Waals surface area contributed by atoms with Gasteiger partial charge in [0.2, 0.25) is 0 Å². The Morgan fingerprint density at radius 2 is 1.45 bits per heavy atom. The molecule has 0 amide bonds. The molecular weight excluding hydrogens is 390 g/mol. The van der Waals surface area contributed by atoms with Crippen molar-refractivity contribution in [3.05, 3.63) is 90.8 Å². The van der Waals surface area contributed by atoms with Crippen LogP contribution in [0.15, 0.2) is 84.6 Å². The van der Waals surface area contributed by atoms with Crippen LogP contribution in [0.3, 0.4) is 0 Å². The molecule has 4 heterocycles. The van der Waals surface area contributed by atoms with Crippen molar-refractivity contribution in [2.45, 2.75) is 5.54 Å². The zero-order valence-corrected chi connectivity index (χ0v) is 16.4. The lowest BCUT2D eigenvalue weighted by atomic mass is 9.79. The summed E-state index contributed by atoms with van der Waals surface area (Å²) in [5, 5.41) is 0. The van der Waals surface area contributed by atoms with Crippen molar-refractivity contribution in [2.75, 3.05) is 6.61 Å². The zero-order chi connectivity index (χ0) is 20.8. The molecule has 150 valence electrons. The first kappa shape index (κ1) is 17.6. The standard InChI is InChI=1S/C24H17N5O2/c25-23-29-24(13-30-23)19-8-15(17-2-1-7-26-10-17)3-5-21(19)31-22-6-4-16(9-20(22)24)18-11-27-14-28-12-18/h1-12,14H,13H2,(H2,25,29)/t24-/m1/s1. The van der Waals surface area contributed by atoms with Crippen LogP contribution in [0, 0.1) is 0 Å². The van der Waals surface area contributed by atoms with Gasteiger partial charge in [-0.15, -0.1) is 0 Å². The van der Waals surface area contributed by atoms with Gasteiger partial charge in [-0.3, -0.25) is 4.98 Å². The minimum Gasteiger partial charge on any atom is -0.462 e. The van der Waals surface area contributed by atoms with Gasteiger partial charge >= 0.3 is 0 Å². The van der Waals surface area contributed by atoms with E-state index in [0.717, 1.165) is 44.9 Å². The molecule has 31 heavy (non-hydrogen) atoms. The second-order valence-corrected chi connectivity index (χ2v) is 7.49. The Kier molecular flexibility index (Phi) is 3.76. The summed E-state index contributed by atoms with van der Waals surface area (Å²) < 4.78 is 12.0. The number of aromatic nitrogens is 3. The van der Waals surface area contributed by atoms with Crippen molar-refractivity contribution in [3.63, 3.8) is 0 Å². The molecule has 0 aliphatic carbocycles. The number of pyridine rings is 1. The summed E-state index contributed by atoms with van der Waals surface area (Å²) in [6, 6.07) is 16.2. The summed E-state index contributed by atoms with van der Waals surface area (Å²) in [4.78, 5) is 17.3. The number of nitrogens with zero attached hydrogens (tertiary/aromatic N) is 4. The van der Waals surface area contributed by atoms with E-state index in [4.69, 9.17) is 20.2 Å².